The van der Waals surface area contributed by atoms with Crippen LogP contribution in [0.2, 0.25) is 0 Å². The summed E-state index contributed by atoms with van der Waals surface area (Å²) >= 11 is 6.20. The lowest BCUT2D eigenvalue weighted by Crippen LogP contribution is -2.46. The fourth-order valence-electron chi connectivity index (χ4n) is 4.77. The molecule has 8 heteroatoms. The minimum atomic E-state index is -0.133. The largest absolute Gasteiger partial charge is 0.354 e. The predicted octanol–water partition coefficient (Wildman–Crippen LogP) is 2.36. The zero-order chi connectivity index (χ0) is 22.1. The lowest BCUT2D eigenvalue weighted by molar-refractivity contribution is 0.252. The zero-order valence-electron chi connectivity index (χ0n) is 18.2. The molecule has 1 unspecified atom stereocenters. The molecule has 2 aliphatic rings. The van der Waals surface area contributed by atoms with Crippen LogP contribution in [0.3, 0.4) is 0 Å². The van der Waals surface area contributed by atoms with Crippen LogP contribution in [0.15, 0.2) is 41.2 Å². The van der Waals surface area contributed by atoms with E-state index in [1.54, 1.807) is 0 Å². The van der Waals surface area contributed by atoms with E-state index < -0.39 is 0 Å². The van der Waals surface area contributed by atoms with Crippen molar-refractivity contribution < 1.29 is 0 Å². The van der Waals surface area contributed by atoms with E-state index in [-0.39, 0.29) is 10.9 Å². The van der Waals surface area contributed by atoms with E-state index in [4.69, 9.17) is 22.4 Å². The summed E-state index contributed by atoms with van der Waals surface area (Å²) in [7, 11) is 0. The van der Waals surface area contributed by atoms with Crippen LogP contribution in [0.5, 0.6) is 0 Å². The third-order valence-corrected chi connectivity index (χ3v) is 6.92. The predicted molar refractivity (Wildman–Crippen MR) is 129 cm³/mol. The number of benzene rings is 1. The van der Waals surface area contributed by atoms with Crippen molar-refractivity contribution in [1.29, 1.82) is 0 Å². The van der Waals surface area contributed by atoms with E-state index in [2.05, 4.69) is 39.0 Å². The molecule has 1 aliphatic heterocycles. The Hall–Kier alpha value is -2.64. The van der Waals surface area contributed by atoms with Crippen molar-refractivity contribution in [2.24, 2.45) is 0 Å². The van der Waals surface area contributed by atoms with Gasteiger partial charge in [-0.2, -0.15) is 0 Å². The number of aryl methyl sites for hydroxylation is 1. The quantitative estimate of drug-likeness (QED) is 0.351. The number of unbranched alkanes of at least 4 members (excludes halogenated alkanes) is 1. The molecule has 1 saturated heterocycles. The van der Waals surface area contributed by atoms with Crippen molar-refractivity contribution >= 4 is 28.3 Å². The summed E-state index contributed by atoms with van der Waals surface area (Å²) in [5, 5.41) is 1.14. The molecule has 32 heavy (non-hydrogen) atoms. The molecule has 0 amide bonds. The number of hydrogen-bond acceptors (Lipinski definition) is 6. The lowest BCUT2D eigenvalue weighted by Gasteiger charge is -2.35. The molecule has 0 spiro atoms. The monoisotopic (exact) mass is 452 g/mol. The normalized spacial score (nSPS) is 18.9. The molecule has 1 fully saturated rings. The number of nitrogens with zero attached hydrogens (tertiary/aromatic N) is 5. The van der Waals surface area contributed by atoms with Crippen LogP contribution in [-0.4, -0.2) is 57.6 Å². The molecule has 0 saturated carbocycles. The SMILES string of the molecule is Nn1c(CCCCN2CCN(c3ccc4ccccc4n3)CC2)nc2c(c1=O)CC(Cl)C2. The maximum absolute atomic E-state index is 12.4. The second kappa shape index (κ2) is 9.08. The summed E-state index contributed by atoms with van der Waals surface area (Å²) in [6.07, 6.45) is 3.96. The van der Waals surface area contributed by atoms with Gasteiger partial charge in [-0.05, 0) is 44.0 Å². The Kier molecular flexibility index (Phi) is 6.02. The molecule has 1 atom stereocenters. The van der Waals surface area contributed by atoms with Gasteiger partial charge in [-0.1, -0.05) is 18.2 Å². The summed E-state index contributed by atoms with van der Waals surface area (Å²) in [6.45, 7) is 5.08. The summed E-state index contributed by atoms with van der Waals surface area (Å²) in [4.78, 5) is 26.8. The second-order valence-corrected chi connectivity index (χ2v) is 9.40. The maximum Gasteiger partial charge on any atom is 0.275 e. The molecule has 1 aliphatic carbocycles. The van der Waals surface area contributed by atoms with Crippen molar-refractivity contribution in [3.8, 4) is 0 Å². The number of nitrogens with two attached hydrogens (primary N) is 1. The van der Waals surface area contributed by atoms with E-state index in [1.807, 2.05) is 12.1 Å². The number of aromatic nitrogens is 3. The first kappa shape index (κ1) is 21.2. The van der Waals surface area contributed by atoms with E-state index in [0.29, 0.717) is 30.7 Å². The summed E-state index contributed by atoms with van der Waals surface area (Å²) < 4.78 is 1.23. The van der Waals surface area contributed by atoms with Gasteiger partial charge in [-0.3, -0.25) is 9.69 Å². The number of fused-ring (bicyclic) bond motifs is 2. The number of halogens is 1. The van der Waals surface area contributed by atoms with E-state index in [9.17, 15) is 4.79 Å². The summed E-state index contributed by atoms with van der Waals surface area (Å²) in [5.41, 5.74) is 2.44. The summed E-state index contributed by atoms with van der Waals surface area (Å²) in [5.74, 6) is 7.74. The van der Waals surface area contributed by atoms with E-state index in [0.717, 1.165) is 62.6 Å². The van der Waals surface area contributed by atoms with Crippen LogP contribution in [0, 0.1) is 0 Å². The fraction of sp³-hybridized carbons (Fsp3) is 0.458. The Labute approximate surface area is 192 Å². The standard InChI is InChI=1S/C24H29ClN6O/c25-18-15-19-21(16-18)28-23(31(26)24(19)32)7-3-4-10-29-11-13-30(14-12-29)22-9-8-17-5-1-2-6-20(17)27-22/h1-2,5-6,8-9,18H,3-4,7,10-16,26H2. The Morgan fingerprint density at radius 2 is 1.81 bits per heavy atom. The van der Waals surface area contributed by atoms with Crippen LogP contribution in [0.25, 0.3) is 10.9 Å². The lowest BCUT2D eigenvalue weighted by atomic mass is 10.2. The fourth-order valence-corrected chi connectivity index (χ4v) is 5.07. The number of piperazine rings is 1. The molecule has 7 nitrogen and oxygen atoms in total. The molecule has 0 radical (unpaired) electrons. The minimum Gasteiger partial charge on any atom is -0.354 e. The average Bonchev–Trinajstić information content (AvgIpc) is 3.20. The Balaban J connectivity index is 1.10. The van der Waals surface area contributed by atoms with Crippen molar-refractivity contribution in [2.75, 3.05) is 43.5 Å². The molecule has 0 bridgehead atoms. The summed E-state index contributed by atoms with van der Waals surface area (Å²) in [6, 6.07) is 12.5. The number of pyridine rings is 1. The molecule has 5 rings (SSSR count). The number of alkyl halides is 1. The maximum atomic E-state index is 12.4. The molecule has 3 heterocycles. The van der Waals surface area contributed by atoms with Crippen LogP contribution in [0.1, 0.15) is 29.9 Å². The third kappa shape index (κ3) is 4.32. The smallest absolute Gasteiger partial charge is 0.275 e. The van der Waals surface area contributed by atoms with Crippen LogP contribution in [0.4, 0.5) is 5.82 Å². The van der Waals surface area contributed by atoms with Crippen molar-refractivity contribution in [3.63, 3.8) is 0 Å². The number of rotatable bonds is 6. The van der Waals surface area contributed by atoms with Crippen molar-refractivity contribution in [3.05, 3.63) is 63.8 Å². The van der Waals surface area contributed by atoms with Gasteiger partial charge < -0.3 is 10.7 Å². The van der Waals surface area contributed by atoms with Gasteiger partial charge in [0, 0.05) is 55.3 Å². The molecule has 1 aromatic carbocycles. The Morgan fingerprint density at radius 1 is 1.00 bits per heavy atom. The van der Waals surface area contributed by atoms with Gasteiger partial charge in [0.05, 0.1) is 11.2 Å². The number of para-hydroxylation sites is 1. The average molecular weight is 453 g/mol. The highest BCUT2D eigenvalue weighted by atomic mass is 35.5. The highest BCUT2D eigenvalue weighted by molar-refractivity contribution is 6.21. The van der Waals surface area contributed by atoms with E-state index >= 15 is 0 Å². The number of nitrogen functional groups attached to an aromatic ring is 1. The number of hydrogen-bond donors (Lipinski definition) is 1. The second-order valence-electron chi connectivity index (χ2n) is 8.78. The van der Waals surface area contributed by atoms with Crippen LogP contribution < -0.4 is 16.3 Å². The molecule has 2 N–H and O–H groups in total. The Morgan fingerprint density at radius 3 is 2.66 bits per heavy atom. The number of anilines is 1. The van der Waals surface area contributed by atoms with Gasteiger partial charge >= 0.3 is 0 Å². The molecule has 3 aromatic rings. The van der Waals surface area contributed by atoms with Gasteiger partial charge in [-0.25, -0.2) is 14.6 Å². The topological polar surface area (TPSA) is 80.3 Å². The highest BCUT2D eigenvalue weighted by Gasteiger charge is 2.26. The van der Waals surface area contributed by atoms with Gasteiger partial charge in [0.15, 0.2) is 0 Å². The highest BCUT2D eigenvalue weighted by Crippen LogP contribution is 2.22. The molecule has 2 aromatic heterocycles. The molecular formula is C24H29ClN6O. The molecule has 168 valence electrons. The van der Waals surface area contributed by atoms with Crippen LogP contribution >= 0.6 is 11.6 Å². The van der Waals surface area contributed by atoms with Crippen LogP contribution in [-0.2, 0) is 19.3 Å². The first-order chi connectivity index (χ1) is 15.6. The first-order valence-corrected chi connectivity index (χ1v) is 11.9. The van der Waals surface area contributed by atoms with Gasteiger partial charge in [0.2, 0.25) is 0 Å². The first-order valence-electron chi connectivity index (χ1n) is 11.4. The minimum absolute atomic E-state index is 0.0380. The van der Waals surface area contributed by atoms with Gasteiger partial charge in [-0.15, -0.1) is 11.6 Å². The van der Waals surface area contributed by atoms with Crippen molar-refractivity contribution in [2.45, 2.75) is 37.5 Å². The van der Waals surface area contributed by atoms with Crippen molar-refractivity contribution in [1.82, 2.24) is 19.5 Å². The van der Waals surface area contributed by atoms with Gasteiger partial charge in [0.25, 0.3) is 5.56 Å². The Bertz CT molecular complexity index is 1170. The van der Waals surface area contributed by atoms with E-state index in [1.165, 1.54) is 10.1 Å². The van der Waals surface area contributed by atoms with Gasteiger partial charge in [0.1, 0.15) is 11.6 Å². The zero-order valence-corrected chi connectivity index (χ0v) is 19.0. The molecular weight excluding hydrogens is 424 g/mol. The third-order valence-electron chi connectivity index (χ3n) is 6.61.